The van der Waals surface area contributed by atoms with E-state index in [1.54, 1.807) is 19.9 Å². The van der Waals surface area contributed by atoms with Gasteiger partial charge in [-0.1, -0.05) is 12.1 Å². The molecule has 0 saturated heterocycles. The van der Waals surface area contributed by atoms with Gasteiger partial charge in [-0.3, -0.25) is 14.9 Å². The molecule has 0 atom stereocenters. The van der Waals surface area contributed by atoms with Crippen molar-refractivity contribution in [1.82, 2.24) is 4.90 Å². The zero-order chi connectivity index (χ0) is 26.8. The maximum absolute atomic E-state index is 12.5. The number of carboxylic acid groups (broad SMARTS) is 1. The molecule has 0 aliphatic carbocycles. The second kappa shape index (κ2) is 12.3. The van der Waals surface area contributed by atoms with Crippen LogP contribution in [0, 0.1) is 21.4 Å². The van der Waals surface area contributed by atoms with E-state index in [1.807, 2.05) is 0 Å². The molecule has 186 valence electrons. The van der Waals surface area contributed by atoms with Crippen LogP contribution < -0.4 is 9.47 Å². The van der Waals surface area contributed by atoms with Gasteiger partial charge in [0.1, 0.15) is 17.4 Å². The van der Waals surface area contributed by atoms with Crippen LogP contribution in [0.15, 0.2) is 48.0 Å². The standard InChI is InChI=1S/C24H21N3O9/c1-3-26(4-2)23(31)17(14-25)11-16-12-19(27(33)34)22(30)20(13-16)36-24(32)35-18-8-5-15(6-9-18)7-10-21(28)29/h5-13,30H,3-4H2,1-2H3,(H,28,29). The third-order valence-electron chi connectivity index (χ3n) is 4.68. The predicted molar refractivity (Wildman–Crippen MR) is 126 cm³/mol. The number of hydrogen-bond donors (Lipinski definition) is 2. The summed E-state index contributed by atoms with van der Waals surface area (Å²) in [5.74, 6) is -3.31. The molecule has 0 heterocycles. The summed E-state index contributed by atoms with van der Waals surface area (Å²) < 4.78 is 9.92. The molecule has 0 saturated carbocycles. The Morgan fingerprint density at radius 3 is 2.28 bits per heavy atom. The Bertz CT molecular complexity index is 1270. The number of phenolic OH excluding ortho intramolecular Hbond substituents is 1. The maximum Gasteiger partial charge on any atom is 0.519 e. The first-order chi connectivity index (χ1) is 17.1. The van der Waals surface area contributed by atoms with Crippen molar-refractivity contribution in [2.45, 2.75) is 13.8 Å². The Balaban J connectivity index is 2.33. The number of nitro benzene ring substituents is 1. The smallest absolute Gasteiger partial charge is 0.499 e. The van der Waals surface area contributed by atoms with E-state index in [0.29, 0.717) is 18.7 Å². The fourth-order valence-electron chi connectivity index (χ4n) is 2.93. The van der Waals surface area contributed by atoms with E-state index in [4.69, 9.17) is 14.6 Å². The van der Waals surface area contributed by atoms with Crippen molar-refractivity contribution in [2.75, 3.05) is 13.1 Å². The highest BCUT2D eigenvalue weighted by Crippen LogP contribution is 2.38. The molecule has 2 aromatic carbocycles. The zero-order valence-corrected chi connectivity index (χ0v) is 19.2. The number of aliphatic carboxylic acids is 1. The van der Waals surface area contributed by atoms with Crippen molar-refractivity contribution in [2.24, 2.45) is 0 Å². The molecule has 2 aromatic rings. The van der Waals surface area contributed by atoms with Crippen LogP contribution in [-0.4, -0.2) is 51.2 Å². The van der Waals surface area contributed by atoms with E-state index in [0.717, 1.165) is 24.3 Å². The molecule has 36 heavy (non-hydrogen) atoms. The van der Waals surface area contributed by atoms with Gasteiger partial charge in [0, 0.05) is 25.2 Å². The highest BCUT2D eigenvalue weighted by Gasteiger charge is 2.24. The van der Waals surface area contributed by atoms with Crippen LogP contribution in [0.1, 0.15) is 25.0 Å². The lowest BCUT2D eigenvalue weighted by molar-refractivity contribution is -0.385. The first kappa shape index (κ1) is 27.1. The van der Waals surface area contributed by atoms with Crippen LogP contribution in [0.3, 0.4) is 0 Å². The SMILES string of the molecule is CCN(CC)C(=O)C(C#N)=Cc1cc(OC(=O)Oc2ccc(C=CC(=O)O)cc2)c(O)c([N+](=O)[O-])c1. The fraction of sp³-hybridized carbons (Fsp3) is 0.167. The number of rotatable bonds is 9. The normalized spacial score (nSPS) is 11.0. The lowest BCUT2D eigenvalue weighted by Gasteiger charge is -2.17. The molecule has 0 aromatic heterocycles. The van der Waals surface area contributed by atoms with Gasteiger partial charge in [-0.05, 0) is 55.3 Å². The number of hydrogen-bond acceptors (Lipinski definition) is 9. The van der Waals surface area contributed by atoms with Gasteiger partial charge in [0.2, 0.25) is 5.75 Å². The number of nitriles is 1. The topological polar surface area (TPSA) is 180 Å². The first-order valence-electron chi connectivity index (χ1n) is 10.4. The lowest BCUT2D eigenvalue weighted by atomic mass is 10.1. The molecular weight excluding hydrogens is 474 g/mol. The van der Waals surface area contributed by atoms with Gasteiger partial charge < -0.3 is 24.6 Å². The molecule has 12 heteroatoms. The van der Waals surface area contributed by atoms with Crippen molar-refractivity contribution < 1.29 is 39.0 Å². The van der Waals surface area contributed by atoms with Crippen LogP contribution in [0.25, 0.3) is 12.2 Å². The quantitative estimate of drug-likeness (QED) is 0.130. The molecule has 0 unspecified atom stereocenters. The molecule has 0 fully saturated rings. The summed E-state index contributed by atoms with van der Waals surface area (Å²) >= 11 is 0. The molecular formula is C24H21N3O9. The van der Waals surface area contributed by atoms with E-state index in [-0.39, 0.29) is 16.9 Å². The minimum absolute atomic E-state index is 0.00843. The van der Waals surface area contributed by atoms with Gasteiger partial charge in [-0.2, -0.15) is 5.26 Å². The number of carbonyl (C=O) groups is 3. The predicted octanol–water partition coefficient (Wildman–Crippen LogP) is 3.75. The fourth-order valence-corrected chi connectivity index (χ4v) is 2.93. The van der Waals surface area contributed by atoms with Crippen LogP contribution in [0.5, 0.6) is 17.2 Å². The number of phenols is 1. The number of nitrogens with zero attached hydrogens (tertiary/aromatic N) is 3. The number of carbonyl (C=O) groups excluding carboxylic acids is 2. The van der Waals surface area contributed by atoms with Gasteiger partial charge in [0.15, 0.2) is 5.75 Å². The van der Waals surface area contributed by atoms with E-state index >= 15 is 0 Å². The zero-order valence-electron chi connectivity index (χ0n) is 19.2. The van der Waals surface area contributed by atoms with Crippen molar-refractivity contribution in [3.8, 4) is 23.3 Å². The van der Waals surface area contributed by atoms with Crippen LogP contribution in [0.2, 0.25) is 0 Å². The summed E-state index contributed by atoms with van der Waals surface area (Å²) in [6, 6.07) is 9.33. The van der Waals surface area contributed by atoms with E-state index in [1.165, 1.54) is 35.2 Å². The second-order valence-corrected chi connectivity index (χ2v) is 6.99. The summed E-state index contributed by atoms with van der Waals surface area (Å²) in [5.41, 5.74) is -0.676. The minimum Gasteiger partial charge on any atom is -0.499 e. The molecule has 0 radical (unpaired) electrons. The van der Waals surface area contributed by atoms with Crippen LogP contribution >= 0.6 is 0 Å². The van der Waals surface area contributed by atoms with Gasteiger partial charge in [0.25, 0.3) is 5.91 Å². The van der Waals surface area contributed by atoms with Crippen molar-refractivity contribution in [3.63, 3.8) is 0 Å². The summed E-state index contributed by atoms with van der Waals surface area (Å²) in [5, 5.41) is 39.7. The van der Waals surface area contributed by atoms with Gasteiger partial charge in [-0.25, -0.2) is 9.59 Å². The molecule has 2 N–H and O–H groups in total. The molecule has 2 rings (SSSR count). The van der Waals surface area contributed by atoms with E-state index in [2.05, 4.69) is 0 Å². The Morgan fingerprint density at radius 2 is 1.75 bits per heavy atom. The lowest BCUT2D eigenvalue weighted by Crippen LogP contribution is -2.31. The van der Waals surface area contributed by atoms with Crippen molar-refractivity contribution >= 4 is 35.9 Å². The summed E-state index contributed by atoms with van der Waals surface area (Å²) in [6.07, 6.45) is 1.99. The molecule has 0 aliphatic rings. The number of benzene rings is 2. The summed E-state index contributed by atoms with van der Waals surface area (Å²) in [4.78, 5) is 47.2. The van der Waals surface area contributed by atoms with E-state index in [9.17, 15) is 34.9 Å². The summed E-state index contributed by atoms with van der Waals surface area (Å²) in [7, 11) is 0. The largest absolute Gasteiger partial charge is 0.519 e. The number of amides is 1. The average Bonchev–Trinajstić information content (AvgIpc) is 2.84. The minimum atomic E-state index is -1.34. The van der Waals surface area contributed by atoms with Gasteiger partial charge >= 0.3 is 17.8 Å². The number of aromatic hydroxyl groups is 1. The van der Waals surface area contributed by atoms with E-state index < -0.39 is 40.1 Å². The molecule has 0 bridgehead atoms. The van der Waals surface area contributed by atoms with Gasteiger partial charge in [0.05, 0.1) is 4.92 Å². The molecule has 0 spiro atoms. The first-order valence-corrected chi connectivity index (χ1v) is 10.4. The Hall–Kier alpha value is -5.18. The third-order valence-corrected chi connectivity index (χ3v) is 4.68. The van der Waals surface area contributed by atoms with Crippen LogP contribution in [0.4, 0.5) is 10.5 Å². The Labute approximate surface area is 205 Å². The number of nitro groups is 1. The monoisotopic (exact) mass is 495 g/mol. The third kappa shape index (κ3) is 7.16. The number of ether oxygens (including phenoxy) is 2. The second-order valence-electron chi connectivity index (χ2n) is 6.99. The highest BCUT2D eigenvalue weighted by atomic mass is 16.7. The summed E-state index contributed by atoms with van der Waals surface area (Å²) in [6.45, 7) is 4.11. The van der Waals surface area contributed by atoms with Crippen LogP contribution in [-0.2, 0) is 9.59 Å². The molecule has 0 aliphatic heterocycles. The highest BCUT2D eigenvalue weighted by molar-refractivity contribution is 6.01. The van der Waals surface area contributed by atoms with Crippen molar-refractivity contribution in [1.29, 1.82) is 5.26 Å². The maximum atomic E-state index is 12.5. The molecule has 1 amide bonds. The number of likely N-dealkylation sites (N-methyl/N-ethyl adjacent to an activating group) is 1. The Morgan fingerprint density at radius 1 is 1.11 bits per heavy atom. The molecule has 12 nitrogen and oxygen atoms in total. The number of carboxylic acids is 1. The Kier molecular flexibility index (Phi) is 9.27. The van der Waals surface area contributed by atoms with Crippen molar-refractivity contribution in [3.05, 3.63) is 69.3 Å². The van der Waals surface area contributed by atoms with Gasteiger partial charge in [-0.15, -0.1) is 0 Å². The average molecular weight is 495 g/mol.